The maximum absolute atomic E-state index is 12.0. The minimum absolute atomic E-state index is 0.0515. The number of anilines is 1. The summed E-state index contributed by atoms with van der Waals surface area (Å²) in [5.74, 6) is 0.394. The topological polar surface area (TPSA) is 71.9 Å². The van der Waals surface area contributed by atoms with Crippen molar-refractivity contribution in [3.8, 4) is 0 Å². The monoisotopic (exact) mass is 287 g/mol. The Bertz CT molecular complexity index is 617. The fourth-order valence-electron chi connectivity index (χ4n) is 2.04. The SMILES string of the molecule is O=S1(=O)N=C[C@H]2COCCN2c2ncc(Cl)cc21. The van der Waals surface area contributed by atoms with Crippen molar-refractivity contribution in [3.05, 3.63) is 17.3 Å². The highest BCUT2D eigenvalue weighted by molar-refractivity contribution is 7.90. The summed E-state index contributed by atoms with van der Waals surface area (Å²) >= 11 is 5.81. The van der Waals surface area contributed by atoms with Gasteiger partial charge in [0, 0.05) is 19.0 Å². The second kappa shape index (κ2) is 4.18. The number of morpholine rings is 1. The van der Waals surface area contributed by atoms with Crippen LogP contribution in [0.1, 0.15) is 0 Å². The van der Waals surface area contributed by atoms with Crippen molar-refractivity contribution >= 4 is 33.7 Å². The predicted octanol–water partition coefficient (Wildman–Crippen LogP) is 0.713. The van der Waals surface area contributed by atoms with E-state index in [1.54, 1.807) is 0 Å². The van der Waals surface area contributed by atoms with Crippen LogP contribution >= 0.6 is 11.6 Å². The number of halogens is 1. The Morgan fingerprint density at radius 2 is 2.33 bits per heavy atom. The van der Waals surface area contributed by atoms with Crippen molar-refractivity contribution in [2.24, 2.45) is 4.40 Å². The quantitative estimate of drug-likeness (QED) is 0.703. The molecule has 0 amide bonds. The van der Waals surface area contributed by atoms with Gasteiger partial charge in [-0.2, -0.15) is 12.8 Å². The van der Waals surface area contributed by atoms with E-state index in [9.17, 15) is 8.42 Å². The first-order valence-corrected chi connectivity index (χ1v) is 7.20. The number of hydrogen-bond acceptors (Lipinski definition) is 5. The van der Waals surface area contributed by atoms with Crippen LogP contribution in [0.3, 0.4) is 0 Å². The van der Waals surface area contributed by atoms with Gasteiger partial charge in [-0.3, -0.25) is 0 Å². The Morgan fingerprint density at radius 1 is 1.50 bits per heavy atom. The van der Waals surface area contributed by atoms with Crippen LogP contribution in [0.15, 0.2) is 21.6 Å². The van der Waals surface area contributed by atoms with Gasteiger partial charge in [-0.1, -0.05) is 11.6 Å². The summed E-state index contributed by atoms with van der Waals surface area (Å²) < 4.78 is 33.0. The van der Waals surface area contributed by atoms with Crippen molar-refractivity contribution in [3.63, 3.8) is 0 Å². The van der Waals surface area contributed by atoms with Crippen molar-refractivity contribution < 1.29 is 13.2 Å². The molecule has 6 nitrogen and oxygen atoms in total. The van der Waals surface area contributed by atoms with Gasteiger partial charge >= 0.3 is 0 Å². The summed E-state index contributed by atoms with van der Waals surface area (Å²) in [7, 11) is -3.73. The molecule has 1 atom stereocenters. The van der Waals surface area contributed by atoms with E-state index in [-0.39, 0.29) is 16.0 Å². The molecule has 0 N–H and O–H groups in total. The fourth-order valence-corrected chi connectivity index (χ4v) is 3.35. The van der Waals surface area contributed by atoms with Crippen LogP contribution in [0.4, 0.5) is 5.82 Å². The van der Waals surface area contributed by atoms with Crippen LogP contribution in [0.5, 0.6) is 0 Å². The highest BCUT2D eigenvalue weighted by atomic mass is 35.5. The van der Waals surface area contributed by atoms with Crippen LogP contribution in [-0.2, 0) is 14.8 Å². The minimum Gasteiger partial charge on any atom is -0.377 e. The Balaban J connectivity index is 2.23. The molecule has 96 valence electrons. The smallest absolute Gasteiger partial charge is 0.285 e. The molecule has 2 aliphatic rings. The zero-order chi connectivity index (χ0) is 12.8. The third kappa shape index (κ3) is 1.88. The molecular weight excluding hydrogens is 278 g/mol. The van der Waals surface area contributed by atoms with Crippen molar-refractivity contribution in [1.82, 2.24) is 4.98 Å². The lowest BCUT2D eigenvalue weighted by Crippen LogP contribution is -2.46. The van der Waals surface area contributed by atoms with Gasteiger partial charge in [-0.05, 0) is 6.07 Å². The van der Waals surface area contributed by atoms with Crippen LogP contribution in [0, 0.1) is 0 Å². The van der Waals surface area contributed by atoms with Gasteiger partial charge in [0.1, 0.15) is 10.7 Å². The van der Waals surface area contributed by atoms with Crippen molar-refractivity contribution in [2.75, 3.05) is 24.7 Å². The van der Waals surface area contributed by atoms with Crippen LogP contribution in [0.2, 0.25) is 5.02 Å². The van der Waals surface area contributed by atoms with E-state index >= 15 is 0 Å². The van der Waals surface area contributed by atoms with E-state index in [1.807, 2.05) is 4.90 Å². The number of aromatic nitrogens is 1. The number of rotatable bonds is 0. The van der Waals surface area contributed by atoms with Gasteiger partial charge in [0.05, 0.1) is 24.3 Å². The average Bonchev–Trinajstić information content (AvgIpc) is 2.46. The van der Waals surface area contributed by atoms with E-state index in [0.717, 1.165) is 0 Å². The summed E-state index contributed by atoms with van der Waals surface area (Å²) in [6.45, 7) is 1.52. The molecule has 0 spiro atoms. The van der Waals surface area contributed by atoms with Gasteiger partial charge in [0.25, 0.3) is 10.0 Å². The third-order valence-corrected chi connectivity index (χ3v) is 4.35. The number of ether oxygens (including phenoxy) is 1. The summed E-state index contributed by atoms with van der Waals surface area (Å²) in [6, 6.07) is 1.18. The molecule has 1 saturated heterocycles. The molecule has 8 heteroatoms. The molecule has 1 aromatic heterocycles. The predicted molar refractivity (Wildman–Crippen MR) is 66.9 cm³/mol. The van der Waals surface area contributed by atoms with E-state index in [4.69, 9.17) is 16.3 Å². The lowest BCUT2D eigenvalue weighted by atomic mass is 10.2. The maximum Gasteiger partial charge on any atom is 0.285 e. The normalized spacial score (nSPS) is 25.2. The Labute approximate surface area is 109 Å². The number of pyridine rings is 1. The van der Waals surface area contributed by atoms with Crippen LogP contribution < -0.4 is 4.90 Å². The molecular formula is C10H10ClN3O3S. The molecule has 0 bridgehead atoms. The zero-order valence-corrected chi connectivity index (χ0v) is 10.9. The number of fused-ring (bicyclic) bond motifs is 3. The highest BCUT2D eigenvalue weighted by Gasteiger charge is 2.32. The van der Waals surface area contributed by atoms with Crippen LogP contribution in [-0.4, -0.2) is 45.4 Å². The molecule has 3 heterocycles. The fraction of sp³-hybridized carbons (Fsp3) is 0.400. The Morgan fingerprint density at radius 3 is 3.17 bits per heavy atom. The molecule has 1 aromatic rings. The van der Waals surface area contributed by atoms with Crippen molar-refractivity contribution in [2.45, 2.75) is 10.9 Å². The second-order valence-corrected chi connectivity index (χ2v) is 6.08. The molecule has 3 rings (SSSR count). The Kier molecular flexibility index (Phi) is 2.76. The number of hydrogen-bond donors (Lipinski definition) is 0. The molecule has 0 radical (unpaired) electrons. The maximum atomic E-state index is 12.0. The highest BCUT2D eigenvalue weighted by Crippen LogP contribution is 2.31. The minimum atomic E-state index is -3.73. The van der Waals surface area contributed by atoms with E-state index in [0.29, 0.717) is 25.6 Å². The molecule has 2 aliphatic heterocycles. The summed E-state index contributed by atoms with van der Waals surface area (Å²) in [5, 5.41) is 0.277. The van der Waals surface area contributed by atoms with Crippen LogP contribution in [0.25, 0.3) is 0 Å². The summed E-state index contributed by atoms with van der Waals surface area (Å²) in [6.07, 6.45) is 2.83. The van der Waals surface area contributed by atoms with Gasteiger partial charge < -0.3 is 9.64 Å². The lowest BCUT2D eigenvalue weighted by molar-refractivity contribution is 0.111. The van der Waals surface area contributed by atoms with E-state index in [2.05, 4.69) is 9.38 Å². The van der Waals surface area contributed by atoms with E-state index < -0.39 is 10.0 Å². The van der Waals surface area contributed by atoms with Gasteiger partial charge in [0.15, 0.2) is 0 Å². The summed E-state index contributed by atoms with van der Waals surface area (Å²) in [5.41, 5.74) is 0. The van der Waals surface area contributed by atoms with Crippen molar-refractivity contribution in [1.29, 1.82) is 0 Å². The zero-order valence-electron chi connectivity index (χ0n) is 9.28. The number of nitrogens with zero attached hydrogens (tertiary/aromatic N) is 3. The van der Waals surface area contributed by atoms with Gasteiger partial charge in [-0.15, -0.1) is 0 Å². The van der Waals surface area contributed by atoms with Gasteiger partial charge in [0.2, 0.25) is 0 Å². The average molecular weight is 288 g/mol. The molecule has 18 heavy (non-hydrogen) atoms. The summed E-state index contributed by atoms with van der Waals surface area (Å²) in [4.78, 5) is 6.07. The first-order valence-electron chi connectivity index (χ1n) is 5.38. The van der Waals surface area contributed by atoms with Gasteiger partial charge in [-0.25, -0.2) is 4.98 Å². The molecule has 0 aliphatic carbocycles. The first-order chi connectivity index (χ1) is 8.58. The van der Waals surface area contributed by atoms with E-state index in [1.165, 1.54) is 18.5 Å². The molecule has 0 unspecified atom stereocenters. The molecule has 1 fully saturated rings. The Hall–Kier alpha value is -1.18. The lowest BCUT2D eigenvalue weighted by Gasteiger charge is -2.33. The third-order valence-electron chi connectivity index (χ3n) is 2.89. The molecule has 0 saturated carbocycles. The second-order valence-electron chi connectivity index (χ2n) is 4.04. The number of sulfonamides is 1. The standard InChI is InChI=1S/C10H10ClN3O3S/c11-7-3-9-10(12-4-7)14-1-2-17-6-8(14)5-13-18(9,15)16/h3-5,8H,1-2,6H2/t8-/m0/s1. The molecule has 0 aromatic carbocycles. The largest absolute Gasteiger partial charge is 0.377 e. The first kappa shape index (κ1) is 11.9.